The van der Waals surface area contributed by atoms with Crippen molar-refractivity contribution in [2.24, 2.45) is 0 Å². The van der Waals surface area contributed by atoms with E-state index in [1.165, 1.54) is 5.56 Å². The monoisotopic (exact) mass is 352 g/mol. The number of piperazine rings is 1. The van der Waals surface area contributed by atoms with Gasteiger partial charge >= 0.3 is 0 Å². The Morgan fingerprint density at radius 2 is 1.69 bits per heavy atom. The molecule has 1 aromatic carbocycles. The summed E-state index contributed by atoms with van der Waals surface area (Å²) in [7, 11) is 0. The second kappa shape index (κ2) is 8.81. The summed E-state index contributed by atoms with van der Waals surface area (Å²) >= 11 is 0. The van der Waals surface area contributed by atoms with Crippen LogP contribution in [0.4, 0.5) is 5.82 Å². The number of anilines is 1. The third-order valence-corrected chi connectivity index (χ3v) is 4.99. The van der Waals surface area contributed by atoms with E-state index < -0.39 is 0 Å². The standard InChI is InChI=1S/C21H28N4O/c1-3-24(4-2)20-11-10-19(16-22-20)21(26)25-14-12-23(13-15-25)17-18-8-6-5-7-9-18/h5-11,16H,3-4,12-15,17H2,1-2H3. The van der Waals surface area contributed by atoms with E-state index in [1.54, 1.807) is 6.20 Å². The zero-order valence-corrected chi connectivity index (χ0v) is 15.8. The van der Waals surface area contributed by atoms with Crippen LogP contribution >= 0.6 is 0 Å². The molecule has 1 aliphatic rings. The summed E-state index contributed by atoms with van der Waals surface area (Å²) in [6, 6.07) is 14.3. The fourth-order valence-corrected chi connectivity index (χ4v) is 3.38. The number of hydrogen-bond donors (Lipinski definition) is 0. The molecule has 2 heterocycles. The van der Waals surface area contributed by atoms with Crippen LogP contribution in [0.15, 0.2) is 48.7 Å². The summed E-state index contributed by atoms with van der Waals surface area (Å²) in [6.07, 6.45) is 1.71. The molecule has 5 heteroatoms. The van der Waals surface area contributed by atoms with Gasteiger partial charge in [-0.15, -0.1) is 0 Å². The van der Waals surface area contributed by atoms with Crippen molar-refractivity contribution in [1.29, 1.82) is 0 Å². The second-order valence-corrected chi connectivity index (χ2v) is 6.63. The Labute approximate surface area is 156 Å². The van der Waals surface area contributed by atoms with Gasteiger partial charge in [-0.05, 0) is 31.5 Å². The minimum Gasteiger partial charge on any atom is -0.357 e. The zero-order chi connectivity index (χ0) is 18.4. The Kier molecular flexibility index (Phi) is 6.23. The highest BCUT2D eigenvalue weighted by atomic mass is 16.2. The summed E-state index contributed by atoms with van der Waals surface area (Å²) in [5.41, 5.74) is 2.00. The maximum absolute atomic E-state index is 12.7. The smallest absolute Gasteiger partial charge is 0.255 e. The van der Waals surface area contributed by atoms with Crippen molar-refractivity contribution in [1.82, 2.24) is 14.8 Å². The minimum absolute atomic E-state index is 0.0861. The maximum Gasteiger partial charge on any atom is 0.255 e. The van der Waals surface area contributed by atoms with E-state index in [0.717, 1.165) is 51.6 Å². The first-order valence-corrected chi connectivity index (χ1v) is 9.47. The van der Waals surface area contributed by atoms with Crippen LogP contribution in [0.1, 0.15) is 29.8 Å². The highest BCUT2D eigenvalue weighted by Gasteiger charge is 2.22. The topological polar surface area (TPSA) is 39.7 Å². The predicted molar refractivity (Wildman–Crippen MR) is 105 cm³/mol. The van der Waals surface area contributed by atoms with Crippen molar-refractivity contribution >= 4 is 11.7 Å². The number of pyridine rings is 1. The van der Waals surface area contributed by atoms with E-state index in [0.29, 0.717) is 5.56 Å². The molecular formula is C21H28N4O. The van der Waals surface area contributed by atoms with Gasteiger partial charge in [0, 0.05) is 52.0 Å². The van der Waals surface area contributed by atoms with E-state index >= 15 is 0 Å². The Bertz CT molecular complexity index is 690. The van der Waals surface area contributed by atoms with Gasteiger partial charge in [-0.25, -0.2) is 4.98 Å². The van der Waals surface area contributed by atoms with Gasteiger partial charge in [-0.3, -0.25) is 9.69 Å². The summed E-state index contributed by atoms with van der Waals surface area (Å²) in [6.45, 7) is 10.4. The third-order valence-electron chi connectivity index (χ3n) is 4.99. The lowest BCUT2D eigenvalue weighted by Gasteiger charge is -2.34. The van der Waals surface area contributed by atoms with Gasteiger partial charge in [0.25, 0.3) is 5.91 Å². The molecule has 1 fully saturated rings. The van der Waals surface area contributed by atoms with Crippen LogP contribution in [0.3, 0.4) is 0 Å². The average Bonchev–Trinajstić information content (AvgIpc) is 2.70. The molecule has 0 saturated carbocycles. The first-order chi connectivity index (χ1) is 12.7. The highest BCUT2D eigenvalue weighted by molar-refractivity contribution is 5.94. The van der Waals surface area contributed by atoms with Crippen LogP contribution in [-0.4, -0.2) is 60.0 Å². The Morgan fingerprint density at radius 1 is 1.00 bits per heavy atom. The van der Waals surface area contributed by atoms with Gasteiger partial charge in [0.15, 0.2) is 0 Å². The average molecular weight is 352 g/mol. The molecule has 2 aromatic rings. The van der Waals surface area contributed by atoms with Crippen LogP contribution in [0, 0.1) is 0 Å². The van der Waals surface area contributed by atoms with Crippen LogP contribution in [0.5, 0.6) is 0 Å². The number of nitrogens with zero attached hydrogens (tertiary/aromatic N) is 4. The SMILES string of the molecule is CCN(CC)c1ccc(C(=O)N2CCN(Cc3ccccc3)CC2)cn1. The van der Waals surface area contributed by atoms with Crippen LogP contribution < -0.4 is 4.90 Å². The normalized spacial score (nSPS) is 15.1. The fraction of sp³-hybridized carbons (Fsp3) is 0.429. The highest BCUT2D eigenvalue weighted by Crippen LogP contribution is 2.14. The van der Waals surface area contributed by atoms with Crippen molar-refractivity contribution in [2.45, 2.75) is 20.4 Å². The summed E-state index contributed by atoms with van der Waals surface area (Å²) in [4.78, 5) is 23.7. The van der Waals surface area contributed by atoms with Crippen LogP contribution in [0.2, 0.25) is 0 Å². The Hall–Kier alpha value is -2.40. The molecule has 1 saturated heterocycles. The van der Waals surface area contributed by atoms with E-state index in [9.17, 15) is 4.79 Å². The van der Waals surface area contributed by atoms with E-state index in [-0.39, 0.29) is 5.91 Å². The van der Waals surface area contributed by atoms with Gasteiger partial charge < -0.3 is 9.80 Å². The summed E-state index contributed by atoms with van der Waals surface area (Å²) in [5.74, 6) is 1.02. The van der Waals surface area contributed by atoms with Crippen LogP contribution in [0.25, 0.3) is 0 Å². The largest absolute Gasteiger partial charge is 0.357 e. The first kappa shape index (κ1) is 18.4. The van der Waals surface area contributed by atoms with Gasteiger partial charge in [-0.1, -0.05) is 30.3 Å². The Morgan fingerprint density at radius 3 is 2.27 bits per heavy atom. The molecule has 1 aliphatic heterocycles. The fourth-order valence-electron chi connectivity index (χ4n) is 3.38. The molecule has 0 atom stereocenters. The molecule has 0 radical (unpaired) electrons. The molecule has 1 amide bonds. The van der Waals surface area contributed by atoms with Gasteiger partial charge in [0.2, 0.25) is 0 Å². The summed E-state index contributed by atoms with van der Waals surface area (Å²) < 4.78 is 0. The zero-order valence-electron chi connectivity index (χ0n) is 15.8. The van der Waals surface area contributed by atoms with E-state index in [1.807, 2.05) is 23.1 Å². The number of hydrogen-bond acceptors (Lipinski definition) is 4. The third kappa shape index (κ3) is 4.41. The number of benzene rings is 1. The molecule has 26 heavy (non-hydrogen) atoms. The number of amides is 1. The van der Waals surface area contributed by atoms with Crippen molar-refractivity contribution in [3.8, 4) is 0 Å². The Balaban J connectivity index is 1.55. The molecule has 0 N–H and O–H groups in total. The van der Waals surface area contributed by atoms with Crippen molar-refractivity contribution in [2.75, 3.05) is 44.2 Å². The molecule has 3 rings (SSSR count). The second-order valence-electron chi connectivity index (χ2n) is 6.63. The molecule has 0 spiro atoms. The van der Waals surface area contributed by atoms with Gasteiger partial charge in [-0.2, -0.15) is 0 Å². The lowest BCUT2D eigenvalue weighted by Crippen LogP contribution is -2.48. The molecular weight excluding hydrogens is 324 g/mol. The molecule has 138 valence electrons. The number of aromatic nitrogens is 1. The molecule has 5 nitrogen and oxygen atoms in total. The van der Waals surface area contributed by atoms with Crippen molar-refractivity contribution in [3.05, 3.63) is 59.8 Å². The molecule has 0 unspecified atom stereocenters. The number of carbonyl (C=O) groups is 1. The minimum atomic E-state index is 0.0861. The van der Waals surface area contributed by atoms with Crippen molar-refractivity contribution in [3.63, 3.8) is 0 Å². The quantitative estimate of drug-likeness (QED) is 0.801. The summed E-state index contributed by atoms with van der Waals surface area (Å²) in [5, 5.41) is 0. The van der Waals surface area contributed by atoms with E-state index in [2.05, 4.69) is 52.9 Å². The number of rotatable bonds is 6. The lowest BCUT2D eigenvalue weighted by molar-refractivity contribution is 0.0628. The van der Waals surface area contributed by atoms with Gasteiger partial charge in [0.1, 0.15) is 5.82 Å². The predicted octanol–water partition coefficient (Wildman–Crippen LogP) is 2.89. The first-order valence-electron chi connectivity index (χ1n) is 9.47. The lowest BCUT2D eigenvalue weighted by atomic mass is 10.2. The van der Waals surface area contributed by atoms with Crippen LogP contribution in [-0.2, 0) is 6.54 Å². The molecule has 0 aliphatic carbocycles. The van der Waals surface area contributed by atoms with Gasteiger partial charge in [0.05, 0.1) is 5.56 Å². The van der Waals surface area contributed by atoms with Crippen molar-refractivity contribution < 1.29 is 4.79 Å². The molecule has 1 aromatic heterocycles. The number of carbonyl (C=O) groups excluding carboxylic acids is 1. The maximum atomic E-state index is 12.7. The van der Waals surface area contributed by atoms with E-state index in [4.69, 9.17) is 0 Å². The molecule has 0 bridgehead atoms.